The molecule has 2 heterocycles. The fourth-order valence-electron chi connectivity index (χ4n) is 2.80. The Hall–Kier alpha value is -2.75. The van der Waals surface area contributed by atoms with E-state index in [4.69, 9.17) is 5.73 Å². The standard InChI is InChI=1S/C18H16N4/c1-10-11(2)21-17-8-13(5-6-15(17)20-10)12-3-4-14-9-18(19)22-16(14)7-12/h3-8H,9H2,1-2H3,(H2,19,22). The molecule has 0 saturated carbocycles. The van der Waals surface area contributed by atoms with Crippen LogP contribution < -0.4 is 5.73 Å². The molecule has 4 nitrogen and oxygen atoms in total. The first-order valence-electron chi connectivity index (χ1n) is 7.31. The SMILES string of the molecule is Cc1nc2ccc(-c3ccc4c(c3)N=C(N)C4)cc2nc1C. The summed E-state index contributed by atoms with van der Waals surface area (Å²) >= 11 is 0. The molecule has 108 valence electrons. The van der Waals surface area contributed by atoms with Gasteiger partial charge in [0.05, 0.1) is 28.1 Å². The summed E-state index contributed by atoms with van der Waals surface area (Å²) in [5.74, 6) is 0.683. The second-order valence-corrected chi connectivity index (χ2v) is 5.72. The number of benzene rings is 2. The third kappa shape index (κ3) is 2.04. The number of aryl methyl sites for hydroxylation is 2. The number of hydrogen-bond acceptors (Lipinski definition) is 4. The van der Waals surface area contributed by atoms with Gasteiger partial charge < -0.3 is 5.73 Å². The van der Waals surface area contributed by atoms with E-state index in [2.05, 4.69) is 45.3 Å². The maximum Gasteiger partial charge on any atom is 0.104 e. The van der Waals surface area contributed by atoms with Gasteiger partial charge in [-0.2, -0.15) is 0 Å². The van der Waals surface area contributed by atoms with Crippen LogP contribution in [-0.2, 0) is 6.42 Å². The van der Waals surface area contributed by atoms with E-state index in [-0.39, 0.29) is 0 Å². The molecule has 0 spiro atoms. The Kier molecular flexibility index (Phi) is 2.73. The third-order valence-electron chi connectivity index (χ3n) is 4.13. The van der Waals surface area contributed by atoms with Crippen molar-refractivity contribution in [2.24, 2.45) is 10.7 Å². The van der Waals surface area contributed by atoms with E-state index >= 15 is 0 Å². The van der Waals surface area contributed by atoms with Gasteiger partial charge in [0.15, 0.2) is 0 Å². The molecule has 4 heteroatoms. The van der Waals surface area contributed by atoms with Crippen LogP contribution in [0.5, 0.6) is 0 Å². The molecule has 22 heavy (non-hydrogen) atoms. The highest BCUT2D eigenvalue weighted by Gasteiger charge is 2.13. The summed E-state index contributed by atoms with van der Waals surface area (Å²) in [6.07, 6.45) is 0.747. The van der Waals surface area contributed by atoms with Crippen LogP contribution in [0, 0.1) is 13.8 Å². The van der Waals surface area contributed by atoms with Crippen molar-refractivity contribution in [3.63, 3.8) is 0 Å². The maximum absolute atomic E-state index is 5.81. The average molecular weight is 288 g/mol. The van der Waals surface area contributed by atoms with Crippen molar-refractivity contribution < 1.29 is 0 Å². The summed E-state index contributed by atoms with van der Waals surface area (Å²) in [4.78, 5) is 13.6. The highest BCUT2D eigenvalue weighted by atomic mass is 14.9. The fourth-order valence-corrected chi connectivity index (χ4v) is 2.80. The van der Waals surface area contributed by atoms with Gasteiger partial charge in [0.25, 0.3) is 0 Å². The van der Waals surface area contributed by atoms with E-state index in [1.165, 1.54) is 5.56 Å². The van der Waals surface area contributed by atoms with Gasteiger partial charge in [-0.1, -0.05) is 18.2 Å². The lowest BCUT2D eigenvalue weighted by atomic mass is 10.0. The number of fused-ring (bicyclic) bond motifs is 2. The first-order chi connectivity index (χ1) is 10.6. The maximum atomic E-state index is 5.81. The predicted molar refractivity (Wildman–Crippen MR) is 89.4 cm³/mol. The molecular formula is C18H16N4. The Labute approximate surface area is 128 Å². The van der Waals surface area contributed by atoms with Gasteiger partial charge in [-0.15, -0.1) is 0 Å². The minimum atomic E-state index is 0.683. The minimum absolute atomic E-state index is 0.683. The van der Waals surface area contributed by atoms with Crippen molar-refractivity contribution in [1.82, 2.24) is 9.97 Å². The van der Waals surface area contributed by atoms with E-state index in [1.54, 1.807) is 0 Å². The average Bonchev–Trinajstić information content (AvgIpc) is 2.87. The lowest BCUT2D eigenvalue weighted by Gasteiger charge is -2.07. The van der Waals surface area contributed by atoms with Crippen LogP contribution in [0.15, 0.2) is 41.4 Å². The summed E-state index contributed by atoms with van der Waals surface area (Å²) < 4.78 is 0. The molecule has 1 aliphatic rings. The molecule has 0 bridgehead atoms. The Morgan fingerprint density at radius 1 is 0.864 bits per heavy atom. The summed E-state index contributed by atoms with van der Waals surface area (Å²) in [7, 11) is 0. The summed E-state index contributed by atoms with van der Waals surface area (Å²) in [6, 6.07) is 12.5. The molecule has 0 aliphatic carbocycles. The molecular weight excluding hydrogens is 272 g/mol. The summed E-state index contributed by atoms with van der Waals surface area (Å²) in [5, 5.41) is 0. The van der Waals surface area contributed by atoms with Gasteiger partial charge >= 0.3 is 0 Å². The van der Waals surface area contributed by atoms with Crippen LogP contribution in [0.3, 0.4) is 0 Å². The normalized spacial score (nSPS) is 13.3. The fraction of sp³-hybridized carbons (Fsp3) is 0.167. The van der Waals surface area contributed by atoms with Gasteiger partial charge in [0.2, 0.25) is 0 Å². The van der Waals surface area contributed by atoms with Gasteiger partial charge in [-0.05, 0) is 48.7 Å². The monoisotopic (exact) mass is 288 g/mol. The Morgan fingerprint density at radius 2 is 1.55 bits per heavy atom. The molecule has 0 amide bonds. The lowest BCUT2D eigenvalue weighted by Crippen LogP contribution is -2.09. The van der Waals surface area contributed by atoms with Crippen molar-refractivity contribution in [3.05, 3.63) is 53.3 Å². The van der Waals surface area contributed by atoms with Gasteiger partial charge in [-0.3, -0.25) is 0 Å². The van der Waals surface area contributed by atoms with Crippen LogP contribution in [0.25, 0.3) is 22.2 Å². The van der Waals surface area contributed by atoms with E-state index < -0.39 is 0 Å². The molecule has 0 atom stereocenters. The Balaban J connectivity index is 1.84. The van der Waals surface area contributed by atoms with Crippen molar-refractivity contribution in [2.45, 2.75) is 20.3 Å². The first-order valence-corrected chi connectivity index (χ1v) is 7.31. The number of nitrogens with two attached hydrogens (primary N) is 1. The third-order valence-corrected chi connectivity index (χ3v) is 4.13. The van der Waals surface area contributed by atoms with Crippen LogP contribution in [0.4, 0.5) is 5.69 Å². The van der Waals surface area contributed by atoms with Crippen LogP contribution >= 0.6 is 0 Å². The zero-order chi connectivity index (χ0) is 15.3. The van der Waals surface area contributed by atoms with Gasteiger partial charge in [0, 0.05) is 6.42 Å². The molecule has 3 aromatic rings. The molecule has 0 saturated heterocycles. The molecule has 4 rings (SSSR count). The number of rotatable bonds is 1. The van der Waals surface area contributed by atoms with Crippen molar-refractivity contribution in [1.29, 1.82) is 0 Å². The highest BCUT2D eigenvalue weighted by molar-refractivity contribution is 5.92. The molecule has 0 radical (unpaired) electrons. The molecule has 2 aromatic carbocycles. The second kappa shape index (κ2) is 4.63. The minimum Gasteiger partial charge on any atom is -0.387 e. The Morgan fingerprint density at radius 3 is 2.36 bits per heavy atom. The molecule has 2 N–H and O–H groups in total. The number of aromatic nitrogens is 2. The molecule has 1 aromatic heterocycles. The second-order valence-electron chi connectivity index (χ2n) is 5.72. The van der Waals surface area contributed by atoms with E-state index in [9.17, 15) is 0 Å². The predicted octanol–water partition coefficient (Wildman–Crippen LogP) is 3.46. The number of nitrogens with zero attached hydrogens (tertiary/aromatic N) is 3. The first kappa shape index (κ1) is 13.0. The molecule has 0 unspecified atom stereocenters. The number of aliphatic imine (C=N–C) groups is 1. The Bertz CT molecular complexity index is 941. The zero-order valence-electron chi connectivity index (χ0n) is 12.6. The van der Waals surface area contributed by atoms with E-state index in [1.807, 2.05) is 19.9 Å². The molecule has 0 fully saturated rings. The quantitative estimate of drug-likeness (QED) is 0.745. The van der Waals surface area contributed by atoms with Gasteiger partial charge in [-0.25, -0.2) is 15.0 Å². The van der Waals surface area contributed by atoms with Crippen LogP contribution in [0.2, 0.25) is 0 Å². The van der Waals surface area contributed by atoms with Crippen molar-refractivity contribution in [3.8, 4) is 11.1 Å². The van der Waals surface area contributed by atoms with Crippen molar-refractivity contribution >= 4 is 22.6 Å². The summed E-state index contributed by atoms with van der Waals surface area (Å²) in [5.41, 5.74) is 14.0. The molecule has 1 aliphatic heterocycles. The smallest absolute Gasteiger partial charge is 0.104 e. The largest absolute Gasteiger partial charge is 0.387 e. The van der Waals surface area contributed by atoms with Gasteiger partial charge in [0.1, 0.15) is 5.84 Å². The van der Waals surface area contributed by atoms with E-state index in [0.29, 0.717) is 5.84 Å². The van der Waals surface area contributed by atoms with Crippen LogP contribution in [0.1, 0.15) is 17.0 Å². The van der Waals surface area contributed by atoms with E-state index in [0.717, 1.165) is 45.7 Å². The van der Waals surface area contributed by atoms with Crippen LogP contribution in [-0.4, -0.2) is 15.8 Å². The lowest BCUT2D eigenvalue weighted by molar-refractivity contribution is 1.10. The number of amidine groups is 1. The zero-order valence-corrected chi connectivity index (χ0v) is 12.6. The number of hydrogen-bond donors (Lipinski definition) is 1. The highest BCUT2D eigenvalue weighted by Crippen LogP contribution is 2.32. The van der Waals surface area contributed by atoms with Crippen molar-refractivity contribution in [2.75, 3.05) is 0 Å². The topological polar surface area (TPSA) is 64.2 Å². The summed E-state index contributed by atoms with van der Waals surface area (Å²) in [6.45, 7) is 3.97.